The van der Waals surface area contributed by atoms with Gasteiger partial charge in [-0.1, -0.05) is 41.9 Å². The SMILES string of the molecule is Fc1ccccc1CSCCNC(=S)Nc1ccccc1Cl. The Hall–Kier alpha value is -1.30. The van der Waals surface area contributed by atoms with Crippen LogP contribution >= 0.6 is 35.6 Å². The lowest BCUT2D eigenvalue weighted by Crippen LogP contribution is -2.30. The van der Waals surface area contributed by atoms with Gasteiger partial charge in [-0.3, -0.25) is 0 Å². The summed E-state index contributed by atoms with van der Waals surface area (Å²) in [6, 6.07) is 14.3. The van der Waals surface area contributed by atoms with Gasteiger partial charge < -0.3 is 10.6 Å². The summed E-state index contributed by atoms with van der Waals surface area (Å²) in [5.41, 5.74) is 1.50. The summed E-state index contributed by atoms with van der Waals surface area (Å²) in [4.78, 5) is 0. The van der Waals surface area contributed by atoms with Gasteiger partial charge in [-0.25, -0.2) is 4.39 Å². The fourth-order valence-electron chi connectivity index (χ4n) is 1.76. The first kappa shape index (κ1) is 17.1. The second kappa shape index (κ2) is 8.98. The third-order valence-electron chi connectivity index (χ3n) is 2.87. The topological polar surface area (TPSA) is 24.1 Å². The van der Waals surface area contributed by atoms with Crippen LogP contribution < -0.4 is 10.6 Å². The molecular weight excluding hydrogens is 339 g/mol. The lowest BCUT2D eigenvalue weighted by Gasteiger charge is -2.11. The van der Waals surface area contributed by atoms with E-state index >= 15 is 0 Å². The number of anilines is 1. The summed E-state index contributed by atoms with van der Waals surface area (Å²) >= 11 is 12.9. The quantitative estimate of drug-likeness (QED) is 0.580. The standard InChI is InChI=1S/C16H16ClFN2S2/c17-13-6-2-4-8-15(13)20-16(21)19-9-10-22-11-12-5-1-3-7-14(12)18/h1-8H,9-11H2,(H2,19,20,21). The highest BCUT2D eigenvalue weighted by atomic mass is 35.5. The highest BCUT2D eigenvalue weighted by molar-refractivity contribution is 7.98. The van der Waals surface area contributed by atoms with E-state index in [1.54, 1.807) is 30.0 Å². The fourth-order valence-corrected chi connectivity index (χ4v) is 3.00. The van der Waals surface area contributed by atoms with Crippen LogP contribution in [0.1, 0.15) is 5.56 Å². The summed E-state index contributed by atoms with van der Waals surface area (Å²) in [5, 5.41) is 7.31. The van der Waals surface area contributed by atoms with Gasteiger partial charge in [0, 0.05) is 18.1 Å². The third kappa shape index (κ3) is 5.48. The van der Waals surface area contributed by atoms with Crippen molar-refractivity contribution in [1.82, 2.24) is 5.32 Å². The molecular formula is C16H16ClFN2S2. The number of rotatable bonds is 6. The average Bonchev–Trinajstić information content (AvgIpc) is 2.51. The molecule has 116 valence electrons. The number of hydrogen-bond acceptors (Lipinski definition) is 2. The zero-order chi connectivity index (χ0) is 15.8. The average molecular weight is 355 g/mol. The van der Waals surface area contributed by atoms with Crippen molar-refractivity contribution in [3.8, 4) is 0 Å². The van der Waals surface area contributed by atoms with Crippen LogP contribution in [0.2, 0.25) is 5.02 Å². The smallest absolute Gasteiger partial charge is 0.170 e. The molecule has 0 aliphatic carbocycles. The van der Waals surface area contributed by atoms with Crippen LogP contribution in [-0.4, -0.2) is 17.4 Å². The van der Waals surface area contributed by atoms with Gasteiger partial charge in [0.05, 0.1) is 10.7 Å². The van der Waals surface area contributed by atoms with Gasteiger partial charge in [0.25, 0.3) is 0 Å². The Kier molecular flexibility index (Phi) is 6.96. The molecule has 0 saturated carbocycles. The van der Waals surface area contributed by atoms with Crippen LogP contribution in [0.5, 0.6) is 0 Å². The predicted octanol–water partition coefficient (Wildman–Crippen LogP) is 4.70. The Morgan fingerprint density at radius 3 is 2.64 bits per heavy atom. The molecule has 0 saturated heterocycles. The second-order valence-electron chi connectivity index (χ2n) is 4.50. The number of thioether (sulfide) groups is 1. The first-order valence-corrected chi connectivity index (χ1v) is 8.71. The Bertz CT molecular complexity index is 637. The van der Waals surface area contributed by atoms with E-state index in [0.29, 0.717) is 22.4 Å². The summed E-state index contributed by atoms with van der Waals surface area (Å²) in [5.74, 6) is 1.33. The molecule has 0 fully saturated rings. The van der Waals surface area contributed by atoms with E-state index in [0.717, 1.165) is 17.0 Å². The molecule has 0 atom stereocenters. The summed E-state index contributed by atoms with van der Waals surface area (Å²) in [7, 11) is 0. The summed E-state index contributed by atoms with van der Waals surface area (Å²) in [6.07, 6.45) is 0. The molecule has 6 heteroatoms. The van der Waals surface area contributed by atoms with Crippen molar-refractivity contribution in [2.45, 2.75) is 5.75 Å². The van der Waals surface area contributed by atoms with Crippen molar-refractivity contribution in [2.24, 2.45) is 0 Å². The highest BCUT2D eigenvalue weighted by Crippen LogP contribution is 2.20. The van der Waals surface area contributed by atoms with E-state index < -0.39 is 0 Å². The zero-order valence-corrected chi connectivity index (χ0v) is 14.2. The van der Waals surface area contributed by atoms with Crippen molar-refractivity contribution in [3.63, 3.8) is 0 Å². The maximum Gasteiger partial charge on any atom is 0.170 e. The molecule has 0 unspecified atom stereocenters. The van der Waals surface area contributed by atoms with Crippen molar-refractivity contribution in [2.75, 3.05) is 17.6 Å². The Balaban J connectivity index is 1.65. The molecule has 0 aliphatic heterocycles. The van der Waals surface area contributed by atoms with E-state index in [2.05, 4.69) is 10.6 Å². The van der Waals surface area contributed by atoms with E-state index in [9.17, 15) is 4.39 Å². The van der Waals surface area contributed by atoms with Gasteiger partial charge >= 0.3 is 0 Å². The van der Waals surface area contributed by atoms with E-state index in [-0.39, 0.29) is 5.82 Å². The molecule has 0 bridgehead atoms. The molecule has 0 heterocycles. The van der Waals surface area contributed by atoms with Crippen LogP contribution in [0.15, 0.2) is 48.5 Å². The molecule has 0 amide bonds. The van der Waals surface area contributed by atoms with Crippen LogP contribution in [0, 0.1) is 5.82 Å². The van der Waals surface area contributed by atoms with Crippen molar-refractivity contribution < 1.29 is 4.39 Å². The minimum Gasteiger partial charge on any atom is -0.362 e. The first-order valence-electron chi connectivity index (χ1n) is 6.77. The normalized spacial score (nSPS) is 10.3. The van der Waals surface area contributed by atoms with Gasteiger partial charge in [0.1, 0.15) is 5.82 Å². The first-order chi connectivity index (χ1) is 10.7. The molecule has 2 nitrogen and oxygen atoms in total. The van der Waals surface area contributed by atoms with Gasteiger partial charge in [-0.15, -0.1) is 0 Å². The maximum atomic E-state index is 13.4. The summed E-state index contributed by atoms with van der Waals surface area (Å²) < 4.78 is 13.4. The Morgan fingerprint density at radius 2 is 1.86 bits per heavy atom. The third-order valence-corrected chi connectivity index (χ3v) is 4.45. The van der Waals surface area contributed by atoms with Crippen molar-refractivity contribution >= 4 is 46.4 Å². The van der Waals surface area contributed by atoms with Crippen LogP contribution in [0.4, 0.5) is 10.1 Å². The van der Waals surface area contributed by atoms with Crippen LogP contribution in [-0.2, 0) is 5.75 Å². The molecule has 2 N–H and O–H groups in total. The van der Waals surface area contributed by atoms with E-state index in [1.165, 1.54) is 6.07 Å². The number of hydrogen-bond donors (Lipinski definition) is 2. The van der Waals surface area contributed by atoms with Crippen LogP contribution in [0.3, 0.4) is 0 Å². The van der Waals surface area contributed by atoms with E-state index in [1.807, 2.05) is 24.3 Å². The Labute approximate surface area is 144 Å². The molecule has 2 aromatic rings. The monoisotopic (exact) mass is 354 g/mol. The lowest BCUT2D eigenvalue weighted by molar-refractivity contribution is 0.617. The zero-order valence-electron chi connectivity index (χ0n) is 11.8. The van der Waals surface area contributed by atoms with Gasteiger partial charge in [-0.2, -0.15) is 11.8 Å². The summed E-state index contributed by atoms with van der Waals surface area (Å²) in [6.45, 7) is 0.704. The number of para-hydroxylation sites is 1. The predicted molar refractivity (Wildman–Crippen MR) is 98.2 cm³/mol. The number of halogens is 2. The fraction of sp³-hybridized carbons (Fsp3) is 0.188. The molecule has 22 heavy (non-hydrogen) atoms. The van der Waals surface area contributed by atoms with Crippen LogP contribution in [0.25, 0.3) is 0 Å². The second-order valence-corrected chi connectivity index (χ2v) is 6.43. The molecule has 0 radical (unpaired) electrons. The largest absolute Gasteiger partial charge is 0.362 e. The van der Waals surface area contributed by atoms with Gasteiger partial charge in [0.15, 0.2) is 5.11 Å². The molecule has 0 aromatic heterocycles. The van der Waals surface area contributed by atoms with Crippen molar-refractivity contribution in [3.05, 3.63) is 64.9 Å². The maximum absolute atomic E-state index is 13.4. The number of benzene rings is 2. The van der Waals surface area contributed by atoms with Gasteiger partial charge in [0.2, 0.25) is 0 Å². The number of nitrogens with one attached hydrogen (secondary N) is 2. The van der Waals surface area contributed by atoms with Gasteiger partial charge in [-0.05, 0) is 36.0 Å². The molecule has 0 aliphatic rings. The molecule has 0 spiro atoms. The van der Waals surface area contributed by atoms with E-state index in [4.69, 9.17) is 23.8 Å². The van der Waals surface area contributed by atoms with Crippen molar-refractivity contribution in [1.29, 1.82) is 0 Å². The molecule has 2 rings (SSSR count). The lowest BCUT2D eigenvalue weighted by atomic mass is 10.2. The number of thiocarbonyl (C=S) groups is 1. The Morgan fingerprint density at radius 1 is 1.14 bits per heavy atom. The molecule has 2 aromatic carbocycles. The highest BCUT2D eigenvalue weighted by Gasteiger charge is 2.02. The minimum absolute atomic E-state index is 0.154. The minimum atomic E-state index is -0.154.